The summed E-state index contributed by atoms with van der Waals surface area (Å²) in [5.41, 5.74) is 2.46. The number of hydrogen-bond acceptors (Lipinski definition) is 0. The van der Waals surface area contributed by atoms with Gasteiger partial charge in [0.15, 0.2) is 0 Å². The quantitative estimate of drug-likeness (QED) is 0.416. The third kappa shape index (κ3) is 4.23. The molecule has 3 aromatic rings. The van der Waals surface area contributed by atoms with E-state index in [4.69, 9.17) is 0 Å². The van der Waals surface area contributed by atoms with Crippen molar-refractivity contribution in [2.45, 2.75) is 44.9 Å². The molecule has 1 atom stereocenters. The maximum Gasteiger partial charge on any atom is 0.123 e. The molecule has 0 nitrogen and oxygen atoms in total. The third-order valence-corrected chi connectivity index (χ3v) is 4.77. The summed E-state index contributed by atoms with van der Waals surface area (Å²) in [5, 5.41) is 2.55. The van der Waals surface area contributed by atoms with Crippen LogP contribution in [0.3, 0.4) is 0 Å². The Labute approximate surface area is 144 Å². The maximum absolute atomic E-state index is 13.7. The number of halogens is 1. The summed E-state index contributed by atoms with van der Waals surface area (Å²) in [7, 11) is 0. The molecule has 0 fully saturated rings. The average Bonchev–Trinajstić information content (AvgIpc) is 2.61. The van der Waals surface area contributed by atoms with Crippen LogP contribution in [0.15, 0.2) is 66.7 Å². The Bertz CT molecular complexity index is 791. The lowest BCUT2D eigenvalue weighted by Crippen LogP contribution is -2.04. The Hall–Kier alpha value is -2.15. The van der Waals surface area contributed by atoms with Gasteiger partial charge in [0.05, 0.1) is 0 Å². The first kappa shape index (κ1) is 16.7. The van der Waals surface area contributed by atoms with Gasteiger partial charge in [-0.25, -0.2) is 4.39 Å². The van der Waals surface area contributed by atoms with E-state index in [0.717, 1.165) is 18.4 Å². The number of rotatable bonds is 7. The van der Waals surface area contributed by atoms with Crippen LogP contribution in [0, 0.1) is 5.82 Å². The van der Waals surface area contributed by atoms with Crippen LogP contribution in [-0.4, -0.2) is 0 Å². The minimum absolute atomic E-state index is 0.133. The molecule has 0 saturated carbocycles. The van der Waals surface area contributed by atoms with Gasteiger partial charge in [-0.05, 0) is 52.8 Å². The van der Waals surface area contributed by atoms with Gasteiger partial charge in [-0.2, -0.15) is 0 Å². The van der Waals surface area contributed by atoms with E-state index in [-0.39, 0.29) is 5.82 Å². The molecular weight excluding hydrogens is 295 g/mol. The molecule has 0 saturated heterocycles. The molecule has 0 aliphatic heterocycles. The van der Waals surface area contributed by atoms with Gasteiger partial charge in [0, 0.05) is 0 Å². The van der Waals surface area contributed by atoms with Gasteiger partial charge >= 0.3 is 0 Å². The highest BCUT2D eigenvalue weighted by molar-refractivity contribution is 5.83. The van der Waals surface area contributed by atoms with Gasteiger partial charge in [0.1, 0.15) is 5.82 Å². The second-order valence-electron chi connectivity index (χ2n) is 6.63. The van der Waals surface area contributed by atoms with E-state index in [1.54, 1.807) is 6.07 Å². The highest BCUT2D eigenvalue weighted by Crippen LogP contribution is 2.28. The molecule has 3 aromatic carbocycles. The molecule has 0 amide bonds. The molecule has 0 aliphatic carbocycles. The van der Waals surface area contributed by atoms with Crippen LogP contribution >= 0.6 is 0 Å². The number of benzene rings is 3. The van der Waals surface area contributed by atoms with Gasteiger partial charge < -0.3 is 0 Å². The minimum Gasteiger partial charge on any atom is -0.207 e. The van der Waals surface area contributed by atoms with Crippen molar-refractivity contribution in [2.75, 3.05) is 0 Å². The predicted octanol–water partition coefficient (Wildman–Crippen LogP) is 6.89. The molecule has 1 heteroatoms. The van der Waals surface area contributed by atoms with E-state index in [2.05, 4.69) is 55.5 Å². The van der Waals surface area contributed by atoms with Crippen LogP contribution in [-0.2, 0) is 6.42 Å². The van der Waals surface area contributed by atoms with Crippen LogP contribution in [0.5, 0.6) is 0 Å². The standard InChI is InChI=1S/C23H25F/c1-2-3-4-9-21(22-11-7-12-23(24)17-22)16-18-13-14-19-8-5-6-10-20(19)15-18/h5-8,10-15,17,21H,2-4,9,16H2,1H3. The summed E-state index contributed by atoms with van der Waals surface area (Å²) in [4.78, 5) is 0. The van der Waals surface area contributed by atoms with Crippen molar-refractivity contribution in [1.82, 2.24) is 0 Å². The molecule has 0 aliphatic rings. The Morgan fingerprint density at radius 1 is 0.833 bits per heavy atom. The van der Waals surface area contributed by atoms with Crippen molar-refractivity contribution in [1.29, 1.82) is 0 Å². The lowest BCUT2D eigenvalue weighted by molar-refractivity contribution is 0.557. The lowest BCUT2D eigenvalue weighted by Gasteiger charge is -2.18. The Morgan fingerprint density at radius 2 is 1.67 bits per heavy atom. The summed E-state index contributed by atoms with van der Waals surface area (Å²) >= 11 is 0. The first-order valence-corrected chi connectivity index (χ1v) is 8.99. The number of fused-ring (bicyclic) bond motifs is 1. The van der Waals surface area contributed by atoms with E-state index >= 15 is 0 Å². The Balaban J connectivity index is 1.83. The van der Waals surface area contributed by atoms with Crippen LogP contribution < -0.4 is 0 Å². The van der Waals surface area contributed by atoms with Crippen molar-refractivity contribution < 1.29 is 4.39 Å². The minimum atomic E-state index is -0.133. The molecule has 0 heterocycles. The number of unbranched alkanes of at least 4 members (excludes halogenated alkanes) is 2. The van der Waals surface area contributed by atoms with Crippen LogP contribution in [0.1, 0.15) is 49.7 Å². The molecule has 124 valence electrons. The Morgan fingerprint density at radius 3 is 2.46 bits per heavy atom. The van der Waals surface area contributed by atoms with Crippen molar-refractivity contribution in [3.63, 3.8) is 0 Å². The predicted molar refractivity (Wildman–Crippen MR) is 101 cm³/mol. The summed E-state index contributed by atoms with van der Waals surface area (Å²) in [6.07, 6.45) is 5.74. The van der Waals surface area contributed by atoms with Crippen LogP contribution in [0.4, 0.5) is 4.39 Å². The fourth-order valence-corrected chi connectivity index (χ4v) is 3.44. The van der Waals surface area contributed by atoms with Crippen molar-refractivity contribution in [2.24, 2.45) is 0 Å². The molecule has 0 N–H and O–H groups in total. The maximum atomic E-state index is 13.7. The molecule has 24 heavy (non-hydrogen) atoms. The fraction of sp³-hybridized carbons (Fsp3) is 0.304. The van der Waals surface area contributed by atoms with Crippen LogP contribution in [0.2, 0.25) is 0 Å². The summed E-state index contributed by atoms with van der Waals surface area (Å²) < 4.78 is 13.7. The van der Waals surface area contributed by atoms with E-state index < -0.39 is 0 Å². The van der Waals surface area contributed by atoms with E-state index in [1.165, 1.54) is 41.7 Å². The van der Waals surface area contributed by atoms with Gasteiger partial charge in [-0.1, -0.05) is 80.8 Å². The lowest BCUT2D eigenvalue weighted by atomic mass is 9.87. The van der Waals surface area contributed by atoms with Crippen molar-refractivity contribution >= 4 is 10.8 Å². The molecule has 1 unspecified atom stereocenters. The first-order valence-electron chi connectivity index (χ1n) is 8.99. The first-order chi connectivity index (χ1) is 11.8. The summed E-state index contributed by atoms with van der Waals surface area (Å²) in [6, 6.07) is 22.3. The zero-order valence-corrected chi connectivity index (χ0v) is 14.3. The molecule has 0 radical (unpaired) electrons. The van der Waals surface area contributed by atoms with E-state index in [1.807, 2.05) is 6.07 Å². The van der Waals surface area contributed by atoms with Crippen molar-refractivity contribution in [3.05, 3.63) is 83.7 Å². The second-order valence-corrected chi connectivity index (χ2v) is 6.63. The SMILES string of the molecule is CCCCCC(Cc1ccc2ccccc2c1)c1cccc(F)c1. The summed E-state index contributed by atoms with van der Waals surface area (Å²) in [6.45, 7) is 2.22. The molecule has 0 bridgehead atoms. The van der Waals surface area contributed by atoms with Gasteiger partial charge in [-0.15, -0.1) is 0 Å². The monoisotopic (exact) mass is 320 g/mol. The zero-order valence-electron chi connectivity index (χ0n) is 14.3. The number of hydrogen-bond donors (Lipinski definition) is 0. The van der Waals surface area contributed by atoms with Gasteiger partial charge in [0.25, 0.3) is 0 Å². The molecular formula is C23H25F. The largest absolute Gasteiger partial charge is 0.207 e. The van der Waals surface area contributed by atoms with Crippen molar-refractivity contribution in [3.8, 4) is 0 Å². The normalized spacial score (nSPS) is 12.4. The summed E-state index contributed by atoms with van der Waals surface area (Å²) in [5.74, 6) is 0.250. The smallest absolute Gasteiger partial charge is 0.123 e. The Kier molecular flexibility index (Phi) is 5.63. The fourth-order valence-electron chi connectivity index (χ4n) is 3.44. The molecule has 0 aromatic heterocycles. The topological polar surface area (TPSA) is 0 Å². The van der Waals surface area contributed by atoms with E-state index in [9.17, 15) is 4.39 Å². The molecule has 3 rings (SSSR count). The third-order valence-electron chi connectivity index (χ3n) is 4.77. The zero-order chi connectivity index (χ0) is 16.8. The molecule has 0 spiro atoms. The average molecular weight is 320 g/mol. The van der Waals surface area contributed by atoms with Crippen LogP contribution in [0.25, 0.3) is 10.8 Å². The second kappa shape index (κ2) is 8.10. The highest BCUT2D eigenvalue weighted by atomic mass is 19.1. The highest BCUT2D eigenvalue weighted by Gasteiger charge is 2.13. The van der Waals surface area contributed by atoms with E-state index in [0.29, 0.717) is 5.92 Å². The van der Waals surface area contributed by atoms with Gasteiger partial charge in [-0.3, -0.25) is 0 Å². The van der Waals surface area contributed by atoms with Gasteiger partial charge in [0.2, 0.25) is 0 Å².